The van der Waals surface area contributed by atoms with Crippen LogP contribution in [0, 0.1) is 0 Å². The minimum absolute atomic E-state index is 0.130. The van der Waals surface area contributed by atoms with E-state index in [2.05, 4.69) is 5.32 Å². The van der Waals surface area contributed by atoms with Gasteiger partial charge in [0.15, 0.2) is 0 Å². The third-order valence-corrected chi connectivity index (χ3v) is 4.96. The predicted molar refractivity (Wildman–Crippen MR) is 81.5 cm³/mol. The van der Waals surface area contributed by atoms with Gasteiger partial charge in [0.1, 0.15) is 6.54 Å². The molecule has 1 N–H and O–H groups in total. The van der Waals surface area contributed by atoms with Crippen molar-refractivity contribution < 1.29 is 13.2 Å². The molecular weight excluding hydrogens is 288 g/mol. The van der Waals surface area contributed by atoms with Crippen molar-refractivity contribution in [1.29, 1.82) is 0 Å². The first kappa shape index (κ1) is 13.6. The molecular formula is C15H14N2O3S. The lowest BCUT2D eigenvalue weighted by atomic mass is 10.2. The molecule has 0 aromatic heterocycles. The van der Waals surface area contributed by atoms with E-state index in [9.17, 15) is 13.2 Å². The molecule has 2 aromatic rings. The van der Waals surface area contributed by atoms with Gasteiger partial charge in [-0.1, -0.05) is 42.5 Å². The number of benzene rings is 2. The van der Waals surface area contributed by atoms with Crippen molar-refractivity contribution >= 4 is 27.3 Å². The molecule has 0 atom stereocenters. The summed E-state index contributed by atoms with van der Waals surface area (Å²) in [5.41, 5.74) is 1.72. The molecule has 6 heteroatoms. The Morgan fingerprint density at radius 3 is 2.43 bits per heavy atom. The van der Waals surface area contributed by atoms with Crippen molar-refractivity contribution in [2.24, 2.45) is 0 Å². The number of amides is 1. The van der Waals surface area contributed by atoms with Crippen LogP contribution < -0.4 is 9.62 Å². The van der Waals surface area contributed by atoms with Crippen molar-refractivity contribution in [3.8, 4) is 0 Å². The fourth-order valence-electron chi connectivity index (χ4n) is 2.31. The number of para-hydroxylation sites is 2. The monoisotopic (exact) mass is 302 g/mol. The molecule has 3 rings (SSSR count). The molecule has 0 bridgehead atoms. The highest BCUT2D eigenvalue weighted by atomic mass is 32.2. The first-order valence-electron chi connectivity index (χ1n) is 6.49. The van der Waals surface area contributed by atoms with Crippen molar-refractivity contribution in [3.63, 3.8) is 0 Å². The summed E-state index contributed by atoms with van der Waals surface area (Å²) in [6.45, 7) is -0.188. The van der Waals surface area contributed by atoms with Crippen LogP contribution in [0.4, 0.5) is 11.4 Å². The van der Waals surface area contributed by atoms with Crippen LogP contribution >= 0.6 is 0 Å². The van der Waals surface area contributed by atoms with Crippen LogP contribution in [0.3, 0.4) is 0 Å². The lowest BCUT2D eigenvalue weighted by molar-refractivity contribution is -0.115. The van der Waals surface area contributed by atoms with Crippen LogP contribution in [0.5, 0.6) is 0 Å². The summed E-state index contributed by atoms with van der Waals surface area (Å²) < 4.78 is 26.4. The zero-order valence-corrected chi connectivity index (χ0v) is 12.0. The Kier molecular flexibility index (Phi) is 3.39. The summed E-state index contributed by atoms with van der Waals surface area (Å²) in [6, 6.07) is 15.8. The molecule has 108 valence electrons. The topological polar surface area (TPSA) is 66.5 Å². The molecule has 5 nitrogen and oxygen atoms in total. The Morgan fingerprint density at radius 2 is 1.67 bits per heavy atom. The fraction of sp³-hybridized carbons (Fsp3) is 0.133. The van der Waals surface area contributed by atoms with Crippen molar-refractivity contribution in [1.82, 2.24) is 0 Å². The quantitative estimate of drug-likeness (QED) is 0.942. The molecule has 0 saturated carbocycles. The molecule has 1 amide bonds. The van der Waals surface area contributed by atoms with Crippen molar-refractivity contribution in [2.75, 3.05) is 16.2 Å². The van der Waals surface area contributed by atoms with Gasteiger partial charge in [-0.05, 0) is 17.7 Å². The Balaban J connectivity index is 1.98. The number of rotatable bonds is 3. The first-order valence-corrected chi connectivity index (χ1v) is 8.10. The van der Waals surface area contributed by atoms with E-state index >= 15 is 0 Å². The Labute approximate surface area is 123 Å². The second-order valence-electron chi connectivity index (χ2n) is 4.81. The summed E-state index contributed by atoms with van der Waals surface area (Å²) >= 11 is 0. The largest absolute Gasteiger partial charge is 0.323 e. The minimum atomic E-state index is -3.61. The van der Waals surface area contributed by atoms with E-state index in [4.69, 9.17) is 0 Å². The molecule has 2 aromatic carbocycles. The van der Waals surface area contributed by atoms with E-state index in [1.807, 2.05) is 6.07 Å². The first-order chi connectivity index (χ1) is 10.1. The van der Waals surface area contributed by atoms with Gasteiger partial charge in [-0.3, -0.25) is 9.10 Å². The second kappa shape index (κ2) is 5.21. The van der Waals surface area contributed by atoms with E-state index in [0.29, 0.717) is 16.9 Å². The molecule has 0 radical (unpaired) electrons. The molecule has 0 fully saturated rings. The normalized spacial score (nSPS) is 14.5. The number of sulfonamides is 1. The van der Waals surface area contributed by atoms with Crippen molar-refractivity contribution in [3.05, 3.63) is 60.2 Å². The Hall–Kier alpha value is -2.34. The second-order valence-corrected chi connectivity index (χ2v) is 6.71. The third-order valence-electron chi connectivity index (χ3n) is 3.26. The van der Waals surface area contributed by atoms with Gasteiger partial charge in [-0.15, -0.1) is 0 Å². The van der Waals surface area contributed by atoms with Gasteiger partial charge in [0.05, 0.1) is 17.1 Å². The molecule has 0 spiro atoms. The third kappa shape index (κ3) is 2.75. The van der Waals surface area contributed by atoms with Crippen LogP contribution in [0.25, 0.3) is 0 Å². The maximum absolute atomic E-state index is 12.6. The van der Waals surface area contributed by atoms with Crippen LogP contribution in [0.15, 0.2) is 54.6 Å². The van der Waals surface area contributed by atoms with E-state index in [1.165, 1.54) is 4.31 Å². The number of carbonyl (C=O) groups is 1. The summed E-state index contributed by atoms with van der Waals surface area (Å²) in [5, 5.41) is 2.68. The highest BCUT2D eigenvalue weighted by Crippen LogP contribution is 2.31. The van der Waals surface area contributed by atoms with Gasteiger partial charge in [-0.2, -0.15) is 0 Å². The molecule has 21 heavy (non-hydrogen) atoms. The average Bonchev–Trinajstić information content (AvgIpc) is 2.47. The number of nitrogens with one attached hydrogen (secondary N) is 1. The van der Waals surface area contributed by atoms with Gasteiger partial charge in [0, 0.05) is 0 Å². The van der Waals surface area contributed by atoms with E-state index < -0.39 is 10.0 Å². The lowest BCUT2D eigenvalue weighted by Gasteiger charge is -2.30. The molecule has 1 heterocycles. The fourth-order valence-corrected chi connectivity index (χ4v) is 3.86. The van der Waals surface area contributed by atoms with Crippen LogP contribution in [-0.4, -0.2) is 20.9 Å². The van der Waals surface area contributed by atoms with Gasteiger partial charge in [0.2, 0.25) is 15.9 Å². The number of anilines is 2. The lowest BCUT2D eigenvalue weighted by Crippen LogP contribution is -2.42. The molecule has 1 aliphatic heterocycles. The summed E-state index contributed by atoms with van der Waals surface area (Å²) in [7, 11) is -3.61. The van der Waals surface area contributed by atoms with E-state index in [0.717, 1.165) is 0 Å². The average molecular weight is 302 g/mol. The highest BCUT2D eigenvalue weighted by Gasteiger charge is 2.30. The Bertz CT molecular complexity index is 773. The number of nitrogens with zero attached hydrogens (tertiary/aromatic N) is 1. The highest BCUT2D eigenvalue weighted by molar-refractivity contribution is 7.92. The molecule has 1 aliphatic rings. The van der Waals surface area contributed by atoms with Crippen molar-refractivity contribution in [2.45, 2.75) is 5.75 Å². The molecule has 0 saturated heterocycles. The van der Waals surface area contributed by atoms with Gasteiger partial charge >= 0.3 is 0 Å². The number of hydrogen-bond acceptors (Lipinski definition) is 3. The minimum Gasteiger partial charge on any atom is -0.323 e. The maximum atomic E-state index is 12.6. The van der Waals surface area contributed by atoms with Crippen LogP contribution in [0.1, 0.15) is 5.56 Å². The standard InChI is InChI=1S/C15H14N2O3S/c18-15-10-17(14-9-5-4-8-13(14)16-15)21(19,20)11-12-6-2-1-3-7-12/h1-9H,10-11H2,(H,16,18). The molecule has 0 unspecified atom stereocenters. The summed E-state index contributed by atoms with van der Waals surface area (Å²) in [6.07, 6.45) is 0. The summed E-state index contributed by atoms with van der Waals surface area (Å²) in [4.78, 5) is 11.7. The van der Waals surface area contributed by atoms with Gasteiger partial charge in [-0.25, -0.2) is 8.42 Å². The van der Waals surface area contributed by atoms with E-state index in [-0.39, 0.29) is 18.2 Å². The van der Waals surface area contributed by atoms with Crippen LogP contribution in [-0.2, 0) is 20.6 Å². The zero-order chi connectivity index (χ0) is 14.9. The summed E-state index contributed by atoms with van der Waals surface area (Å²) in [5.74, 6) is -0.458. The number of hydrogen-bond donors (Lipinski definition) is 1. The van der Waals surface area contributed by atoms with E-state index in [1.54, 1.807) is 48.5 Å². The van der Waals surface area contributed by atoms with Crippen LogP contribution in [0.2, 0.25) is 0 Å². The van der Waals surface area contributed by atoms with Gasteiger partial charge < -0.3 is 5.32 Å². The zero-order valence-electron chi connectivity index (χ0n) is 11.2. The molecule has 0 aliphatic carbocycles. The number of fused-ring (bicyclic) bond motifs is 1. The Morgan fingerprint density at radius 1 is 1.00 bits per heavy atom. The van der Waals surface area contributed by atoms with Gasteiger partial charge in [0.25, 0.3) is 0 Å². The smallest absolute Gasteiger partial charge is 0.245 e. The maximum Gasteiger partial charge on any atom is 0.245 e. The predicted octanol–water partition coefficient (Wildman–Crippen LogP) is 1.98. The number of carbonyl (C=O) groups excluding carboxylic acids is 1. The SMILES string of the molecule is O=C1CN(S(=O)(=O)Cc2ccccc2)c2ccccc2N1.